The lowest BCUT2D eigenvalue weighted by Gasteiger charge is -2.27. The molecule has 0 saturated heterocycles. The third kappa shape index (κ3) is 8.20. The summed E-state index contributed by atoms with van der Waals surface area (Å²) >= 11 is 0. The van der Waals surface area contributed by atoms with Crippen LogP contribution in [0.3, 0.4) is 0 Å². The van der Waals surface area contributed by atoms with E-state index in [1.165, 1.54) is 0 Å². The first-order valence-electron chi connectivity index (χ1n) is 5.02. The van der Waals surface area contributed by atoms with Gasteiger partial charge in [0.05, 0.1) is 0 Å². The fourth-order valence-electron chi connectivity index (χ4n) is 1.73. The van der Waals surface area contributed by atoms with Crippen LogP contribution in [0.1, 0.15) is 53.9 Å². The Morgan fingerprint density at radius 2 is 1.46 bits per heavy atom. The van der Waals surface area contributed by atoms with Gasteiger partial charge in [-0.1, -0.05) is 34.1 Å². The molecule has 0 heterocycles. The lowest BCUT2D eigenvalue weighted by atomic mass is 9.81. The minimum absolute atomic E-state index is 0.0285. The smallest absolute Gasteiger partial charge is 0.207 e. The summed E-state index contributed by atoms with van der Waals surface area (Å²) in [5, 5.41) is 0. The highest BCUT2D eigenvalue weighted by Crippen LogP contribution is 2.33. The van der Waals surface area contributed by atoms with Crippen LogP contribution in [-0.4, -0.2) is 5.92 Å². The van der Waals surface area contributed by atoms with E-state index >= 15 is 0 Å². The first-order valence-corrected chi connectivity index (χ1v) is 5.02. The van der Waals surface area contributed by atoms with E-state index in [0.29, 0.717) is 0 Å². The van der Waals surface area contributed by atoms with E-state index in [2.05, 4.69) is 20.8 Å². The Labute approximate surface area is 80.7 Å². The Morgan fingerprint density at radius 3 is 1.69 bits per heavy atom. The largest absolute Gasteiger partial charge is 0.245 e. The standard InChI is InChI=1S/C11H22F2/c1-6-9(7-10(2,3)4)8-11(5,12)13/h9H,6-8H2,1-5H3. The second kappa shape index (κ2) is 4.39. The van der Waals surface area contributed by atoms with Crippen molar-refractivity contribution in [3.05, 3.63) is 0 Å². The lowest BCUT2D eigenvalue weighted by Crippen LogP contribution is -2.20. The van der Waals surface area contributed by atoms with Gasteiger partial charge in [-0.25, -0.2) is 8.78 Å². The van der Waals surface area contributed by atoms with Gasteiger partial charge in [-0.2, -0.15) is 0 Å². The molecule has 1 unspecified atom stereocenters. The molecule has 0 nitrogen and oxygen atoms in total. The topological polar surface area (TPSA) is 0 Å². The highest BCUT2D eigenvalue weighted by molar-refractivity contribution is 4.72. The van der Waals surface area contributed by atoms with Crippen molar-refractivity contribution in [3.63, 3.8) is 0 Å². The Kier molecular flexibility index (Phi) is 4.34. The predicted molar refractivity (Wildman–Crippen MR) is 53.1 cm³/mol. The van der Waals surface area contributed by atoms with Crippen LogP contribution >= 0.6 is 0 Å². The summed E-state index contributed by atoms with van der Waals surface area (Å²) in [6.07, 6.45) is 1.76. The monoisotopic (exact) mass is 192 g/mol. The van der Waals surface area contributed by atoms with Gasteiger partial charge < -0.3 is 0 Å². The zero-order valence-electron chi connectivity index (χ0n) is 9.45. The fraction of sp³-hybridized carbons (Fsp3) is 1.00. The molecule has 0 aliphatic rings. The van der Waals surface area contributed by atoms with Gasteiger partial charge in [-0.3, -0.25) is 0 Å². The molecule has 0 aromatic heterocycles. The van der Waals surface area contributed by atoms with E-state index < -0.39 is 5.92 Å². The van der Waals surface area contributed by atoms with Gasteiger partial charge in [-0.15, -0.1) is 0 Å². The van der Waals surface area contributed by atoms with Crippen LogP contribution in [0, 0.1) is 11.3 Å². The minimum Gasteiger partial charge on any atom is -0.207 e. The molecule has 0 rings (SSSR count). The minimum atomic E-state index is -2.51. The maximum atomic E-state index is 12.7. The maximum Gasteiger partial charge on any atom is 0.245 e. The molecular formula is C11H22F2. The van der Waals surface area contributed by atoms with Crippen LogP contribution in [0.15, 0.2) is 0 Å². The molecule has 0 aliphatic heterocycles. The molecule has 0 spiro atoms. The number of hydrogen-bond acceptors (Lipinski definition) is 0. The summed E-state index contributed by atoms with van der Waals surface area (Å²) in [6, 6.07) is 0. The van der Waals surface area contributed by atoms with Crippen LogP contribution in [0.2, 0.25) is 0 Å². The van der Waals surface area contributed by atoms with Crippen LogP contribution in [0.5, 0.6) is 0 Å². The van der Waals surface area contributed by atoms with E-state index in [4.69, 9.17) is 0 Å². The molecular weight excluding hydrogens is 170 g/mol. The normalized spacial score (nSPS) is 15.9. The van der Waals surface area contributed by atoms with Crippen molar-refractivity contribution >= 4 is 0 Å². The summed E-state index contributed by atoms with van der Waals surface area (Å²) in [4.78, 5) is 0. The Hall–Kier alpha value is -0.140. The molecule has 0 aromatic carbocycles. The van der Waals surface area contributed by atoms with E-state index in [9.17, 15) is 8.78 Å². The van der Waals surface area contributed by atoms with Gasteiger partial charge >= 0.3 is 0 Å². The van der Waals surface area contributed by atoms with Crippen LogP contribution in [-0.2, 0) is 0 Å². The van der Waals surface area contributed by atoms with Gasteiger partial charge in [0.15, 0.2) is 0 Å². The SMILES string of the molecule is CCC(CC(C)(C)C)CC(C)(F)F. The number of halogens is 2. The zero-order chi connectivity index (χ0) is 10.7. The van der Waals surface area contributed by atoms with Gasteiger partial charge in [-0.05, 0) is 24.7 Å². The lowest BCUT2D eigenvalue weighted by molar-refractivity contribution is -0.00938. The van der Waals surface area contributed by atoms with E-state index in [1.54, 1.807) is 0 Å². The molecule has 1 atom stereocenters. The van der Waals surface area contributed by atoms with Crippen molar-refractivity contribution in [2.75, 3.05) is 0 Å². The first-order chi connectivity index (χ1) is 5.64. The van der Waals surface area contributed by atoms with Crippen molar-refractivity contribution in [2.45, 2.75) is 59.8 Å². The quantitative estimate of drug-likeness (QED) is 0.615. The van der Waals surface area contributed by atoms with Gasteiger partial charge in [0.2, 0.25) is 5.92 Å². The second-order valence-corrected chi connectivity index (χ2v) is 5.31. The molecule has 0 N–H and O–H groups in total. The average molecular weight is 192 g/mol. The third-order valence-corrected chi connectivity index (χ3v) is 2.13. The number of alkyl halides is 2. The molecule has 80 valence electrons. The summed E-state index contributed by atoms with van der Waals surface area (Å²) in [7, 11) is 0. The number of rotatable bonds is 4. The zero-order valence-corrected chi connectivity index (χ0v) is 9.45. The molecule has 0 radical (unpaired) electrons. The molecule has 0 fully saturated rings. The number of hydrogen-bond donors (Lipinski definition) is 0. The summed E-state index contributed by atoms with van der Waals surface area (Å²) < 4.78 is 25.5. The maximum absolute atomic E-state index is 12.7. The summed E-state index contributed by atoms with van der Waals surface area (Å²) in [5.74, 6) is -2.36. The molecule has 13 heavy (non-hydrogen) atoms. The molecule has 0 aromatic rings. The molecule has 0 amide bonds. The van der Waals surface area contributed by atoms with Gasteiger partial charge in [0.25, 0.3) is 0 Å². The predicted octanol–water partition coefficient (Wildman–Crippen LogP) is 4.49. The Balaban J connectivity index is 4.05. The highest BCUT2D eigenvalue weighted by atomic mass is 19.3. The highest BCUT2D eigenvalue weighted by Gasteiger charge is 2.28. The third-order valence-electron chi connectivity index (χ3n) is 2.13. The van der Waals surface area contributed by atoms with Crippen LogP contribution < -0.4 is 0 Å². The van der Waals surface area contributed by atoms with Crippen molar-refractivity contribution < 1.29 is 8.78 Å². The average Bonchev–Trinajstić information content (AvgIpc) is 1.79. The van der Waals surface area contributed by atoms with Crippen molar-refractivity contribution in [1.82, 2.24) is 0 Å². The van der Waals surface area contributed by atoms with E-state index in [0.717, 1.165) is 19.8 Å². The van der Waals surface area contributed by atoms with Crippen molar-refractivity contribution in [3.8, 4) is 0 Å². The Morgan fingerprint density at radius 1 is 1.00 bits per heavy atom. The second-order valence-electron chi connectivity index (χ2n) is 5.31. The molecule has 0 bridgehead atoms. The molecule has 0 aliphatic carbocycles. The van der Waals surface area contributed by atoms with E-state index in [-0.39, 0.29) is 17.8 Å². The molecule has 2 heteroatoms. The van der Waals surface area contributed by atoms with Crippen molar-refractivity contribution in [1.29, 1.82) is 0 Å². The van der Waals surface area contributed by atoms with Crippen LogP contribution in [0.4, 0.5) is 8.78 Å². The van der Waals surface area contributed by atoms with Crippen LogP contribution in [0.25, 0.3) is 0 Å². The molecule has 0 saturated carbocycles. The fourth-order valence-corrected chi connectivity index (χ4v) is 1.73. The van der Waals surface area contributed by atoms with Gasteiger partial charge in [0, 0.05) is 6.42 Å². The van der Waals surface area contributed by atoms with Gasteiger partial charge in [0.1, 0.15) is 0 Å². The first kappa shape index (κ1) is 12.9. The summed E-state index contributed by atoms with van der Waals surface area (Å²) in [5.41, 5.74) is 0.159. The Bertz CT molecular complexity index is 123. The summed E-state index contributed by atoms with van der Waals surface area (Å²) in [6.45, 7) is 9.30. The van der Waals surface area contributed by atoms with E-state index in [1.807, 2.05) is 6.92 Å². The van der Waals surface area contributed by atoms with Crippen molar-refractivity contribution in [2.24, 2.45) is 11.3 Å².